The first kappa shape index (κ1) is 11.4. The number of ketones is 1. The third kappa shape index (κ3) is 2.34. The summed E-state index contributed by atoms with van der Waals surface area (Å²) in [6.45, 7) is 8.90. The monoisotopic (exact) mass is 220 g/mol. The molecule has 88 valence electrons. The van der Waals surface area contributed by atoms with E-state index in [2.05, 4.69) is 25.9 Å². The SMILES string of the molecule is CC(=O)c1cc(C(C)(C)C)nn1CC1CC1. The van der Waals surface area contributed by atoms with E-state index in [1.165, 1.54) is 12.8 Å². The Bertz CT molecular complexity index is 408. The molecule has 2 rings (SSSR count). The van der Waals surface area contributed by atoms with Crippen LogP contribution in [-0.2, 0) is 12.0 Å². The molecule has 3 nitrogen and oxygen atoms in total. The van der Waals surface area contributed by atoms with Crippen LogP contribution in [0.1, 0.15) is 56.7 Å². The van der Waals surface area contributed by atoms with E-state index in [1.54, 1.807) is 6.92 Å². The predicted molar refractivity (Wildman–Crippen MR) is 63.7 cm³/mol. The van der Waals surface area contributed by atoms with Crippen LogP contribution < -0.4 is 0 Å². The van der Waals surface area contributed by atoms with Gasteiger partial charge >= 0.3 is 0 Å². The molecule has 1 heterocycles. The first-order valence-corrected chi connectivity index (χ1v) is 5.97. The molecule has 0 radical (unpaired) electrons. The Morgan fingerprint density at radius 2 is 2.12 bits per heavy atom. The summed E-state index contributed by atoms with van der Waals surface area (Å²) in [5.41, 5.74) is 1.79. The van der Waals surface area contributed by atoms with Crippen molar-refractivity contribution < 1.29 is 4.79 Å². The van der Waals surface area contributed by atoms with Crippen LogP contribution in [0.15, 0.2) is 6.07 Å². The lowest BCUT2D eigenvalue weighted by molar-refractivity contribution is 0.100. The summed E-state index contributed by atoms with van der Waals surface area (Å²) < 4.78 is 1.90. The van der Waals surface area contributed by atoms with Gasteiger partial charge in [0, 0.05) is 18.9 Å². The van der Waals surface area contributed by atoms with E-state index >= 15 is 0 Å². The highest BCUT2D eigenvalue weighted by atomic mass is 16.1. The van der Waals surface area contributed by atoms with Crippen molar-refractivity contribution >= 4 is 5.78 Å². The first-order chi connectivity index (χ1) is 7.38. The average Bonchev–Trinajstić information content (AvgIpc) is 2.80. The molecular weight excluding hydrogens is 200 g/mol. The van der Waals surface area contributed by atoms with E-state index in [0.717, 1.165) is 23.9 Å². The van der Waals surface area contributed by atoms with E-state index in [1.807, 2.05) is 10.7 Å². The van der Waals surface area contributed by atoms with E-state index in [9.17, 15) is 4.79 Å². The van der Waals surface area contributed by atoms with Gasteiger partial charge in [-0.3, -0.25) is 9.48 Å². The standard InChI is InChI=1S/C13H20N2O/c1-9(16)11-7-12(13(2,3)4)14-15(11)8-10-5-6-10/h7,10H,5-6,8H2,1-4H3. The molecule has 1 aliphatic carbocycles. The molecule has 0 N–H and O–H groups in total. The molecule has 1 fully saturated rings. The minimum absolute atomic E-state index is 0.0129. The molecule has 16 heavy (non-hydrogen) atoms. The lowest BCUT2D eigenvalue weighted by Gasteiger charge is -2.14. The molecule has 0 atom stereocenters. The molecule has 0 unspecified atom stereocenters. The van der Waals surface area contributed by atoms with Gasteiger partial charge in [-0.05, 0) is 24.8 Å². The fourth-order valence-corrected chi connectivity index (χ4v) is 1.75. The van der Waals surface area contributed by atoms with Crippen molar-refractivity contribution in [3.8, 4) is 0 Å². The fraction of sp³-hybridized carbons (Fsp3) is 0.692. The number of hydrogen-bond donors (Lipinski definition) is 0. The number of hydrogen-bond acceptors (Lipinski definition) is 2. The van der Waals surface area contributed by atoms with E-state index in [4.69, 9.17) is 0 Å². The van der Waals surface area contributed by atoms with Gasteiger partial charge < -0.3 is 0 Å². The van der Waals surface area contributed by atoms with Crippen LogP contribution in [0.25, 0.3) is 0 Å². The van der Waals surface area contributed by atoms with Crippen LogP contribution in [0, 0.1) is 5.92 Å². The lowest BCUT2D eigenvalue weighted by Crippen LogP contribution is -2.13. The van der Waals surface area contributed by atoms with Crippen LogP contribution in [0.3, 0.4) is 0 Å². The predicted octanol–water partition coefficient (Wildman–Crippen LogP) is 2.79. The average molecular weight is 220 g/mol. The summed E-state index contributed by atoms with van der Waals surface area (Å²) in [5.74, 6) is 0.856. The third-order valence-electron chi connectivity index (χ3n) is 3.04. The molecule has 0 saturated heterocycles. The van der Waals surface area contributed by atoms with Gasteiger partial charge in [0.05, 0.1) is 5.69 Å². The molecule has 0 aromatic carbocycles. The van der Waals surface area contributed by atoms with Gasteiger partial charge in [0.2, 0.25) is 0 Å². The molecule has 3 heteroatoms. The summed E-state index contributed by atoms with van der Waals surface area (Å²) >= 11 is 0. The number of nitrogens with zero attached hydrogens (tertiary/aromatic N) is 2. The van der Waals surface area contributed by atoms with Crippen LogP contribution in [0.4, 0.5) is 0 Å². The second kappa shape index (κ2) is 3.72. The Morgan fingerprint density at radius 1 is 1.50 bits per heavy atom. The summed E-state index contributed by atoms with van der Waals surface area (Å²) in [6.07, 6.45) is 2.56. The van der Waals surface area contributed by atoms with E-state index in [-0.39, 0.29) is 11.2 Å². The Hall–Kier alpha value is -1.12. The third-order valence-corrected chi connectivity index (χ3v) is 3.04. The van der Waals surface area contributed by atoms with Gasteiger partial charge in [0.25, 0.3) is 0 Å². The van der Waals surface area contributed by atoms with Gasteiger partial charge in [0.15, 0.2) is 5.78 Å². The second-order valence-corrected chi connectivity index (χ2v) is 5.85. The Kier molecular flexibility index (Phi) is 2.64. The molecule has 1 saturated carbocycles. The zero-order valence-corrected chi connectivity index (χ0v) is 10.6. The maximum atomic E-state index is 11.5. The fourth-order valence-electron chi connectivity index (χ4n) is 1.75. The van der Waals surface area contributed by atoms with Crippen molar-refractivity contribution in [3.05, 3.63) is 17.5 Å². The van der Waals surface area contributed by atoms with Crippen molar-refractivity contribution in [1.29, 1.82) is 0 Å². The van der Waals surface area contributed by atoms with Crippen LogP contribution in [0.2, 0.25) is 0 Å². The van der Waals surface area contributed by atoms with Crippen LogP contribution in [-0.4, -0.2) is 15.6 Å². The number of carbonyl (C=O) groups excluding carboxylic acids is 1. The van der Waals surface area contributed by atoms with Crippen molar-refractivity contribution in [2.24, 2.45) is 5.92 Å². The van der Waals surface area contributed by atoms with Crippen LogP contribution in [0.5, 0.6) is 0 Å². The minimum atomic E-state index is 0.0129. The number of rotatable bonds is 3. The summed E-state index contributed by atoms with van der Waals surface area (Å²) in [5, 5.41) is 4.58. The van der Waals surface area contributed by atoms with Gasteiger partial charge in [-0.25, -0.2) is 0 Å². The number of carbonyl (C=O) groups is 1. The molecule has 0 bridgehead atoms. The van der Waals surface area contributed by atoms with Gasteiger partial charge in [-0.15, -0.1) is 0 Å². The van der Waals surface area contributed by atoms with Gasteiger partial charge in [0.1, 0.15) is 5.69 Å². The lowest BCUT2D eigenvalue weighted by atomic mass is 9.92. The van der Waals surface area contributed by atoms with Gasteiger partial charge in [-0.1, -0.05) is 20.8 Å². The smallest absolute Gasteiger partial charge is 0.177 e. The molecule has 0 amide bonds. The molecule has 1 aromatic rings. The highest BCUT2D eigenvalue weighted by molar-refractivity contribution is 5.92. The topological polar surface area (TPSA) is 34.9 Å². The zero-order chi connectivity index (χ0) is 11.9. The maximum absolute atomic E-state index is 11.5. The number of Topliss-reactive ketones (excluding diaryl/α,β-unsaturated/α-hetero) is 1. The maximum Gasteiger partial charge on any atom is 0.177 e. The van der Waals surface area contributed by atoms with Crippen LogP contribution >= 0.6 is 0 Å². The molecule has 1 aliphatic rings. The van der Waals surface area contributed by atoms with Crippen molar-refractivity contribution in [3.63, 3.8) is 0 Å². The summed E-state index contributed by atoms with van der Waals surface area (Å²) in [4.78, 5) is 11.5. The van der Waals surface area contributed by atoms with Gasteiger partial charge in [-0.2, -0.15) is 5.10 Å². The summed E-state index contributed by atoms with van der Waals surface area (Å²) in [6, 6.07) is 1.95. The molecule has 1 aromatic heterocycles. The van der Waals surface area contributed by atoms with E-state index < -0.39 is 0 Å². The van der Waals surface area contributed by atoms with Crippen molar-refractivity contribution in [1.82, 2.24) is 9.78 Å². The zero-order valence-electron chi connectivity index (χ0n) is 10.6. The highest BCUT2D eigenvalue weighted by Gasteiger charge is 2.26. The highest BCUT2D eigenvalue weighted by Crippen LogP contribution is 2.31. The first-order valence-electron chi connectivity index (χ1n) is 5.97. The largest absolute Gasteiger partial charge is 0.293 e. The molecular formula is C13H20N2O. The molecule has 0 aliphatic heterocycles. The number of aromatic nitrogens is 2. The van der Waals surface area contributed by atoms with Crippen molar-refractivity contribution in [2.75, 3.05) is 0 Å². The van der Waals surface area contributed by atoms with Crippen molar-refractivity contribution in [2.45, 2.75) is 52.5 Å². The Labute approximate surface area is 96.8 Å². The second-order valence-electron chi connectivity index (χ2n) is 5.85. The summed E-state index contributed by atoms with van der Waals surface area (Å²) in [7, 11) is 0. The Balaban J connectivity index is 2.32. The minimum Gasteiger partial charge on any atom is -0.293 e. The normalized spacial score (nSPS) is 16.5. The quantitative estimate of drug-likeness (QED) is 0.734. The van der Waals surface area contributed by atoms with E-state index in [0.29, 0.717) is 0 Å². The molecule has 0 spiro atoms. The Morgan fingerprint density at radius 3 is 2.56 bits per heavy atom.